The Kier molecular flexibility index (Phi) is 46.6. The van der Waals surface area contributed by atoms with Gasteiger partial charge in [-0.1, -0.05) is 217 Å². The van der Waals surface area contributed by atoms with E-state index >= 15 is 0 Å². The lowest BCUT2D eigenvalue weighted by Gasteiger charge is -2.20. The van der Waals surface area contributed by atoms with Crippen molar-refractivity contribution in [2.75, 3.05) is 33.0 Å². The Morgan fingerprint density at radius 2 is 0.934 bits per heavy atom. The molecule has 3 unspecified atom stereocenters. The number of phosphoric ester groups is 1. The zero-order valence-electron chi connectivity index (χ0n) is 39.4. The quantitative estimate of drug-likeness (QED) is 0.0236. The maximum Gasteiger partial charge on any atom is 0.472 e. The third kappa shape index (κ3) is 47.7. The first-order valence-electron chi connectivity index (χ1n) is 25.1. The molecule has 0 aliphatic rings. The molecule has 0 saturated carbocycles. The lowest BCUT2D eigenvalue weighted by molar-refractivity contribution is -0.154. The summed E-state index contributed by atoms with van der Waals surface area (Å²) in [6, 6.07) is 0. The molecule has 0 fully saturated rings. The van der Waals surface area contributed by atoms with Crippen molar-refractivity contribution in [1.82, 2.24) is 0 Å². The summed E-state index contributed by atoms with van der Waals surface area (Å²) < 4.78 is 33.5. The number of hydrogen-bond acceptors (Lipinski definition) is 8. The molecule has 61 heavy (non-hydrogen) atoms. The Labute approximate surface area is 375 Å². The number of carbonyl (C=O) groups excluding carboxylic acids is 1. The van der Waals surface area contributed by atoms with Crippen LogP contribution in [0.15, 0.2) is 48.6 Å². The number of carbonyl (C=O) groups is 1. The van der Waals surface area contributed by atoms with Gasteiger partial charge in [0.25, 0.3) is 0 Å². The van der Waals surface area contributed by atoms with E-state index in [4.69, 9.17) is 23.6 Å². The zero-order chi connectivity index (χ0) is 44.6. The average Bonchev–Trinajstić information content (AvgIpc) is 3.25. The van der Waals surface area contributed by atoms with E-state index in [-0.39, 0.29) is 25.6 Å². The largest absolute Gasteiger partial charge is 0.472 e. The molecule has 0 heterocycles. The lowest BCUT2D eigenvalue weighted by Crippen LogP contribution is -2.29. The lowest BCUT2D eigenvalue weighted by atomic mass is 10.0. The molecule has 0 spiro atoms. The van der Waals surface area contributed by atoms with Crippen molar-refractivity contribution in [2.24, 2.45) is 0 Å². The van der Waals surface area contributed by atoms with E-state index in [9.17, 15) is 19.4 Å². The molecule has 0 aliphatic heterocycles. The van der Waals surface area contributed by atoms with E-state index in [1.165, 1.54) is 122 Å². The van der Waals surface area contributed by atoms with Gasteiger partial charge in [-0.2, -0.15) is 0 Å². The van der Waals surface area contributed by atoms with Gasteiger partial charge in [-0.05, 0) is 51.4 Å². The van der Waals surface area contributed by atoms with E-state index in [0.717, 1.165) is 83.5 Å². The number of unbranched alkanes of at least 4 members (excludes halogenated alkanes) is 26. The van der Waals surface area contributed by atoms with Crippen LogP contribution in [-0.4, -0.2) is 66.3 Å². The van der Waals surface area contributed by atoms with Crippen LogP contribution in [0.2, 0.25) is 0 Å². The predicted octanol–water partition coefficient (Wildman–Crippen LogP) is 14.5. The normalized spacial score (nSPS) is 14.2. The van der Waals surface area contributed by atoms with Crippen LogP contribution in [-0.2, 0) is 27.9 Å². The monoisotopic (exact) mass is 883 g/mol. The summed E-state index contributed by atoms with van der Waals surface area (Å²) in [5.41, 5.74) is 0. The Hall–Kier alpha value is -1.58. The van der Waals surface area contributed by atoms with Gasteiger partial charge in [-0.15, -0.1) is 0 Å². The Morgan fingerprint density at radius 1 is 0.525 bits per heavy atom. The van der Waals surface area contributed by atoms with Crippen molar-refractivity contribution in [2.45, 2.75) is 238 Å². The molecule has 0 amide bonds. The van der Waals surface area contributed by atoms with Gasteiger partial charge in [-0.3, -0.25) is 13.8 Å². The van der Waals surface area contributed by atoms with Crippen LogP contribution in [0.25, 0.3) is 0 Å². The van der Waals surface area contributed by atoms with Gasteiger partial charge in [-0.25, -0.2) is 4.57 Å². The van der Waals surface area contributed by atoms with Gasteiger partial charge in [0.05, 0.1) is 26.4 Å². The number of phosphoric acid groups is 1. The Morgan fingerprint density at radius 3 is 1.41 bits per heavy atom. The molecule has 0 aliphatic carbocycles. The number of esters is 1. The van der Waals surface area contributed by atoms with Crippen molar-refractivity contribution >= 4 is 13.8 Å². The summed E-state index contributed by atoms with van der Waals surface area (Å²) in [5.74, 6) is -0.386. The molecule has 10 heteroatoms. The second-order valence-electron chi connectivity index (χ2n) is 16.8. The van der Waals surface area contributed by atoms with Gasteiger partial charge in [0.2, 0.25) is 0 Å². The molecule has 9 nitrogen and oxygen atoms in total. The van der Waals surface area contributed by atoms with Crippen LogP contribution in [0, 0.1) is 0 Å². The highest BCUT2D eigenvalue weighted by atomic mass is 31.2. The fourth-order valence-electron chi connectivity index (χ4n) is 7.00. The molecule has 0 aromatic rings. The first-order valence-corrected chi connectivity index (χ1v) is 26.6. The molecular formula is C51H95O9P. The maximum atomic E-state index is 12.7. The molecule has 0 rings (SSSR count). The average molecular weight is 883 g/mol. The van der Waals surface area contributed by atoms with Crippen LogP contribution in [0.1, 0.15) is 226 Å². The first kappa shape index (κ1) is 59.4. The molecular weight excluding hydrogens is 788 g/mol. The minimum absolute atomic E-state index is 0.0379. The van der Waals surface area contributed by atoms with Crippen molar-refractivity contribution in [3.63, 3.8) is 0 Å². The van der Waals surface area contributed by atoms with Gasteiger partial charge in [0.1, 0.15) is 12.2 Å². The first-order chi connectivity index (χ1) is 29.8. The summed E-state index contributed by atoms with van der Waals surface area (Å²) >= 11 is 0. The zero-order valence-corrected chi connectivity index (χ0v) is 40.3. The molecule has 0 radical (unpaired) electrons. The minimum Gasteiger partial charge on any atom is -0.457 e. The van der Waals surface area contributed by atoms with E-state index < -0.39 is 33.2 Å². The molecule has 0 bridgehead atoms. The fraction of sp³-hybridized carbons (Fsp3) is 0.824. The molecule has 0 aromatic carbocycles. The van der Waals surface area contributed by atoms with E-state index in [2.05, 4.69) is 62.5 Å². The van der Waals surface area contributed by atoms with Gasteiger partial charge >= 0.3 is 13.8 Å². The van der Waals surface area contributed by atoms with E-state index in [1.54, 1.807) is 0 Å². The van der Waals surface area contributed by atoms with Crippen molar-refractivity contribution in [1.29, 1.82) is 0 Å². The van der Waals surface area contributed by atoms with Crippen molar-refractivity contribution in [3.05, 3.63) is 48.6 Å². The molecule has 3 atom stereocenters. The van der Waals surface area contributed by atoms with Gasteiger partial charge in [0.15, 0.2) is 0 Å². The second kappa shape index (κ2) is 47.9. The van der Waals surface area contributed by atoms with Crippen LogP contribution in [0.3, 0.4) is 0 Å². The topological polar surface area (TPSA) is 132 Å². The van der Waals surface area contributed by atoms with Gasteiger partial charge in [0, 0.05) is 13.0 Å². The number of allylic oxidation sites excluding steroid dienone is 8. The summed E-state index contributed by atoms with van der Waals surface area (Å²) in [6.45, 7) is 3.40. The molecule has 0 aromatic heterocycles. The highest BCUT2D eigenvalue weighted by Crippen LogP contribution is 2.43. The summed E-state index contributed by atoms with van der Waals surface area (Å²) in [5, 5.41) is 18.4. The third-order valence-corrected chi connectivity index (χ3v) is 11.7. The number of aliphatic hydroxyl groups is 2. The Balaban J connectivity index is 4.08. The fourth-order valence-corrected chi connectivity index (χ4v) is 7.79. The number of hydrogen-bond donors (Lipinski definition) is 3. The SMILES string of the molecule is CC/C=C\C/C=C\C/C=C\C/C=C\CCCCCCCOCC(COP(=O)(O)OCC(O)CO)OC(=O)CCCCCCCCCCCCCCCCCCCCCCCC. The van der Waals surface area contributed by atoms with E-state index in [0.29, 0.717) is 6.61 Å². The smallest absolute Gasteiger partial charge is 0.457 e. The van der Waals surface area contributed by atoms with E-state index in [1.807, 2.05) is 0 Å². The molecule has 358 valence electrons. The number of ether oxygens (including phenoxy) is 2. The second-order valence-corrected chi connectivity index (χ2v) is 18.3. The van der Waals surface area contributed by atoms with Gasteiger partial charge < -0.3 is 24.6 Å². The third-order valence-electron chi connectivity index (χ3n) is 10.8. The van der Waals surface area contributed by atoms with Crippen LogP contribution < -0.4 is 0 Å². The maximum absolute atomic E-state index is 12.7. The van der Waals surface area contributed by atoms with Crippen LogP contribution >= 0.6 is 7.82 Å². The Bertz CT molecular complexity index is 1090. The number of aliphatic hydroxyl groups excluding tert-OH is 2. The summed E-state index contributed by atoms with van der Waals surface area (Å²) in [6.07, 6.45) is 55.1. The predicted molar refractivity (Wildman–Crippen MR) is 256 cm³/mol. The van der Waals surface area contributed by atoms with Crippen LogP contribution in [0.4, 0.5) is 0 Å². The highest BCUT2D eigenvalue weighted by Gasteiger charge is 2.26. The van der Waals surface area contributed by atoms with Crippen molar-refractivity contribution < 1.29 is 43.0 Å². The van der Waals surface area contributed by atoms with Crippen LogP contribution in [0.5, 0.6) is 0 Å². The standard InChI is InChI=1S/C51H95O9P/c1-3-5-7-9-11-13-15-17-19-21-23-24-25-26-27-29-31-33-35-37-39-41-43-51(54)60-50(48-59-61(55,56)58-46-49(53)45-52)47-57-44-42-40-38-36-34-32-30-28-22-20-18-16-14-12-10-8-6-4-2/h6,8,12,14,18,20,28,30,49-50,52-53H,3-5,7,9-11,13,15-17,19,21-27,29,31-48H2,1-2H3,(H,55,56)/b8-6-,14-12-,20-18-,30-28-. The molecule has 0 saturated heterocycles. The number of rotatable bonds is 48. The summed E-state index contributed by atoms with van der Waals surface area (Å²) in [4.78, 5) is 22.7. The highest BCUT2D eigenvalue weighted by molar-refractivity contribution is 7.47. The molecule has 3 N–H and O–H groups in total. The van der Waals surface area contributed by atoms with Crippen molar-refractivity contribution in [3.8, 4) is 0 Å². The summed E-state index contributed by atoms with van der Waals surface area (Å²) in [7, 11) is -4.53. The minimum atomic E-state index is -4.53.